The number of halogens is 2. The second-order valence-electron chi connectivity index (χ2n) is 9.93. The van der Waals surface area contributed by atoms with Gasteiger partial charge in [0.2, 0.25) is 5.28 Å². The first-order chi connectivity index (χ1) is 18.2. The molecule has 2 aliphatic rings. The van der Waals surface area contributed by atoms with E-state index in [1.165, 1.54) is 0 Å². The van der Waals surface area contributed by atoms with Gasteiger partial charge in [-0.05, 0) is 65.6 Å². The smallest absolute Gasteiger partial charge is 0.226 e. The Kier molecular flexibility index (Phi) is 6.51. The van der Waals surface area contributed by atoms with Crippen LogP contribution in [0.1, 0.15) is 20.1 Å². The molecule has 0 bridgehead atoms. The van der Waals surface area contributed by atoms with Crippen LogP contribution in [0.4, 0.5) is 5.82 Å². The number of aromatic nitrogens is 4. The summed E-state index contributed by atoms with van der Waals surface area (Å²) in [7, 11) is 3.77. The zero-order valence-corrected chi connectivity index (χ0v) is 23.5. The van der Waals surface area contributed by atoms with Crippen LogP contribution in [0.25, 0.3) is 21.9 Å². The summed E-state index contributed by atoms with van der Waals surface area (Å²) in [5, 5.41) is 1.87. The van der Waals surface area contributed by atoms with E-state index in [4.69, 9.17) is 30.5 Å². The molecule has 0 aliphatic carbocycles. The van der Waals surface area contributed by atoms with Crippen molar-refractivity contribution in [1.29, 1.82) is 0 Å². The van der Waals surface area contributed by atoms with E-state index < -0.39 is 12.0 Å². The third-order valence-corrected chi connectivity index (χ3v) is 6.97. The molecule has 10 nitrogen and oxygen atoms in total. The zero-order valence-electron chi connectivity index (χ0n) is 21.2. The van der Waals surface area contributed by atoms with Crippen molar-refractivity contribution in [3.63, 3.8) is 0 Å². The van der Waals surface area contributed by atoms with Gasteiger partial charge in [-0.2, -0.15) is 9.97 Å². The molecule has 5 heterocycles. The monoisotopic (exact) mass is 600 g/mol. The average molecular weight is 602 g/mol. The number of hydrogen-bond donors (Lipinski definition) is 0. The van der Waals surface area contributed by atoms with Gasteiger partial charge in [0.1, 0.15) is 36.3 Å². The molecule has 12 heteroatoms. The van der Waals surface area contributed by atoms with Gasteiger partial charge in [-0.3, -0.25) is 4.98 Å². The highest BCUT2D eigenvalue weighted by Gasteiger charge is 2.56. The lowest BCUT2D eigenvalue weighted by Gasteiger charge is -2.25. The van der Waals surface area contributed by atoms with Crippen molar-refractivity contribution in [2.45, 2.75) is 44.2 Å². The molecule has 0 saturated carbocycles. The molecule has 2 aliphatic heterocycles. The number of aliphatic imine (C=N–C) groups is 1. The molecule has 0 spiro atoms. The zero-order chi connectivity index (χ0) is 26.6. The Bertz CT molecular complexity index is 1540. The van der Waals surface area contributed by atoms with Gasteiger partial charge in [-0.1, -0.05) is 0 Å². The molecule has 198 valence electrons. The number of nitrogens with zero attached hydrogens (tertiary/aromatic N) is 6. The summed E-state index contributed by atoms with van der Waals surface area (Å²) in [6, 6.07) is 9.73. The molecule has 4 aromatic rings. The predicted molar refractivity (Wildman–Crippen MR) is 147 cm³/mol. The molecule has 0 N–H and O–H groups in total. The highest BCUT2D eigenvalue weighted by atomic mass is 79.9. The van der Waals surface area contributed by atoms with Gasteiger partial charge in [0, 0.05) is 42.4 Å². The van der Waals surface area contributed by atoms with Crippen LogP contribution < -0.4 is 4.74 Å². The van der Waals surface area contributed by atoms with Crippen LogP contribution in [0, 0.1) is 0 Å². The molecule has 1 aromatic carbocycles. The topological polar surface area (TPSA) is 96.1 Å². The third kappa shape index (κ3) is 4.85. The second kappa shape index (κ2) is 9.73. The Balaban J connectivity index is 1.28. The maximum atomic E-state index is 6.49. The van der Waals surface area contributed by atoms with E-state index in [2.05, 4.69) is 35.9 Å². The van der Waals surface area contributed by atoms with Gasteiger partial charge in [0.15, 0.2) is 17.8 Å². The summed E-state index contributed by atoms with van der Waals surface area (Å²) < 4.78 is 28.0. The maximum Gasteiger partial charge on any atom is 0.226 e. The lowest BCUT2D eigenvalue weighted by atomic mass is 10.1. The van der Waals surface area contributed by atoms with Crippen molar-refractivity contribution >= 4 is 61.6 Å². The van der Waals surface area contributed by atoms with Crippen LogP contribution >= 0.6 is 27.5 Å². The maximum absolute atomic E-state index is 6.49. The predicted octanol–water partition coefficient (Wildman–Crippen LogP) is 5.11. The van der Waals surface area contributed by atoms with Gasteiger partial charge in [0.05, 0.1) is 17.2 Å². The van der Waals surface area contributed by atoms with E-state index in [1.54, 1.807) is 12.5 Å². The van der Waals surface area contributed by atoms with E-state index in [1.807, 2.05) is 73.9 Å². The van der Waals surface area contributed by atoms with Crippen molar-refractivity contribution in [2.24, 2.45) is 4.99 Å². The van der Waals surface area contributed by atoms with Crippen LogP contribution in [0.3, 0.4) is 0 Å². The van der Waals surface area contributed by atoms with E-state index in [-0.39, 0.29) is 30.2 Å². The number of pyridine rings is 1. The minimum atomic E-state index is -0.771. The van der Waals surface area contributed by atoms with Gasteiger partial charge < -0.3 is 28.4 Å². The fourth-order valence-corrected chi connectivity index (χ4v) is 5.33. The molecule has 0 radical (unpaired) electrons. The molecule has 4 atom stereocenters. The van der Waals surface area contributed by atoms with Crippen molar-refractivity contribution < 1.29 is 18.9 Å². The van der Waals surface area contributed by atoms with E-state index in [0.717, 1.165) is 20.8 Å². The standard InChI is InChI=1S/C26H26BrClN6O4/c1-26(2)37-20-19(12-35-16-6-5-14-9-15(27)11-29-18(14)10-16)36-24(21(20)38-26)34-8-7-17-22(30-13-33(3)4)31-25(28)32-23(17)34/h5-11,13,19-21,24H,12H2,1-4H3/b30-13+/t19-,20-,21-,24-/m1/s1. The summed E-state index contributed by atoms with van der Waals surface area (Å²) in [6.07, 6.45) is 3.70. The fourth-order valence-electron chi connectivity index (χ4n) is 4.83. The van der Waals surface area contributed by atoms with Crippen LogP contribution in [-0.2, 0) is 14.2 Å². The minimum absolute atomic E-state index is 0.0960. The van der Waals surface area contributed by atoms with Crippen LogP contribution in [-0.4, -0.2) is 75.6 Å². The molecule has 3 aromatic heterocycles. The first-order valence-electron chi connectivity index (χ1n) is 12.1. The average Bonchev–Trinajstić information content (AvgIpc) is 3.51. The molecule has 0 unspecified atom stereocenters. The molecule has 2 fully saturated rings. The van der Waals surface area contributed by atoms with E-state index in [0.29, 0.717) is 17.2 Å². The van der Waals surface area contributed by atoms with Crippen molar-refractivity contribution in [2.75, 3.05) is 20.7 Å². The fraction of sp³-hybridized carbons (Fsp3) is 0.385. The molecule has 2 saturated heterocycles. The third-order valence-electron chi connectivity index (χ3n) is 6.37. The van der Waals surface area contributed by atoms with Crippen molar-refractivity contribution in [3.05, 3.63) is 52.5 Å². The quantitative estimate of drug-likeness (QED) is 0.171. The summed E-state index contributed by atoms with van der Waals surface area (Å²) in [4.78, 5) is 19.5. The summed E-state index contributed by atoms with van der Waals surface area (Å²) in [5.74, 6) is 0.401. The molecule has 0 amide bonds. The molecular weight excluding hydrogens is 576 g/mol. The van der Waals surface area contributed by atoms with Gasteiger partial charge >= 0.3 is 0 Å². The molecule has 38 heavy (non-hydrogen) atoms. The molecule has 6 rings (SSSR count). The second-order valence-corrected chi connectivity index (χ2v) is 11.2. The Morgan fingerprint density at radius 3 is 2.82 bits per heavy atom. The number of benzene rings is 1. The van der Waals surface area contributed by atoms with Crippen molar-refractivity contribution in [3.8, 4) is 5.75 Å². The summed E-state index contributed by atoms with van der Waals surface area (Å²) >= 11 is 9.74. The number of rotatable bonds is 6. The Labute approximate surface area is 232 Å². The Hall–Kier alpha value is -2.83. The lowest BCUT2D eigenvalue weighted by molar-refractivity contribution is -0.198. The van der Waals surface area contributed by atoms with Crippen LogP contribution in [0.15, 0.2) is 52.2 Å². The van der Waals surface area contributed by atoms with Crippen LogP contribution in [0.2, 0.25) is 5.28 Å². The summed E-state index contributed by atoms with van der Waals surface area (Å²) in [5.41, 5.74) is 1.44. The van der Waals surface area contributed by atoms with Gasteiger partial charge in [-0.25, -0.2) is 4.99 Å². The molecular formula is C26H26BrClN6O4. The Morgan fingerprint density at radius 2 is 2.00 bits per heavy atom. The summed E-state index contributed by atoms with van der Waals surface area (Å²) in [6.45, 7) is 4.06. The largest absolute Gasteiger partial charge is 0.491 e. The van der Waals surface area contributed by atoms with Gasteiger partial charge in [-0.15, -0.1) is 0 Å². The lowest BCUT2D eigenvalue weighted by Crippen LogP contribution is -2.33. The highest BCUT2D eigenvalue weighted by Crippen LogP contribution is 2.44. The number of hydrogen-bond acceptors (Lipinski definition) is 8. The van der Waals surface area contributed by atoms with E-state index >= 15 is 0 Å². The van der Waals surface area contributed by atoms with Crippen molar-refractivity contribution in [1.82, 2.24) is 24.4 Å². The first-order valence-corrected chi connectivity index (χ1v) is 13.3. The van der Waals surface area contributed by atoms with E-state index in [9.17, 15) is 0 Å². The number of fused-ring (bicyclic) bond motifs is 3. The number of ether oxygens (including phenoxy) is 4. The SMILES string of the molecule is CN(C)/C=N/c1nc(Cl)nc2c1ccn2[C@@H]1O[C@H](COc2ccc3cc(Br)cnc3c2)[C@H]2OC(C)(C)O[C@H]21. The van der Waals surface area contributed by atoms with Crippen LogP contribution in [0.5, 0.6) is 5.75 Å². The highest BCUT2D eigenvalue weighted by molar-refractivity contribution is 9.10. The Morgan fingerprint density at radius 1 is 1.18 bits per heavy atom. The minimum Gasteiger partial charge on any atom is -0.491 e. The van der Waals surface area contributed by atoms with Gasteiger partial charge in [0.25, 0.3) is 0 Å². The first kappa shape index (κ1) is 25.4. The normalized spacial score (nSPS) is 24.5.